The molecule has 16 heavy (non-hydrogen) atoms. The number of nitrogens with two attached hydrogens (primary N) is 1. The lowest BCUT2D eigenvalue weighted by Crippen LogP contribution is -2.44. The van der Waals surface area contributed by atoms with Gasteiger partial charge in [-0.1, -0.05) is 0 Å². The Bertz CT molecular complexity index is 469. The van der Waals surface area contributed by atoms with E-state index in [-0.39, 0.29) is 11.0 Å². The van der Waals surface area contributed by atoms with Crippen LogP contribution in [0.2, 0.25) is 0 Å². The van der Waals surface area contributed by atoms with Crippen molar-refractivity contribution in [1.82, 2.24) is 9.88 Å². The van der Waals surface area contributed by atoms with Gasteiger partial charge in [0, 0.05) is 30.7 Å². The first-order valence-electron chi connectivity index (χ1n) is 5.11. The SMILES string of the molecule is CC1CN(Cc2cnc(N)s2)CCS1(=O)=O. The van der Waals surface area contributed by atoms with Crippen LogP contribution < -0.4 is 5.73 Å². The first-order chi connectivity index (χ1) is 7.47. The first kappa shape index (κ1) is 11.8. The highest BCUT2D eigenvalue weighted by Crippen LogP contribution is 2.19. The molecule has 2 heterocycles. The molecule has 5 nitrogen and oxygen atoms in total. The zero-order valence-electron chi connectivity index (χ0n) is 9.09. The summed E-state index contributed by atoms with van der Waals surface area (Å²) in [6, 6.07) is 0. The minimum Gasteiger partial charge on any atom is -0.375 e. The van der Waals surface area contributed by atoms with E-state index in [4.69, 9.17) is 5.73 Å². The summed E-state index contributed by atoms with van der Waals surface area (Å²) in [5.41, 5.74) is 5.55. The van der Waals surface area contributed by atoms with Crippen molar-refractivity contribution in [3.63, 3.8) is 0 Å². The average molecular weight is 261 g/mol. The third kappa shape index (κ3) is 2.53. The van der Waals surface area contributed by atoms with E-state index in [1.54, 1.807) is 13.1 Å². The second kappa shape index (κ2) is 4.31. The minimum absolute atomic E-state index is 0.252. The molecule has 0 radical (unpaired) electrons. The summed E-state index contributed by atoms with van der Waals surface area (Å²) in [4.78, 5) is 7.21. The number of rotatable bonds is 2. The molecular formula is C9H15N3O2S2. The van der Waals surface area contributed by atoms with Gasteiger partial charge in [0.2, 0.25) is 0 Å². The number of hydrogen-bond donors (Lipinski definition) is 1. The summed E-state index contributed by atoms with van der Waals surface area (Å²) >= 11 is 1.46. The molecular weight excluding hydrogens is 246 g/mol. The number of aromatic nitrogens is 1. The second-order valence-electron chi connectivity index (χ2n) is 4.08. The maximum atomic E-state index is 11.5. The van der Waals surface area contributed by atoms with E-state index in [1.165, 1.54) is 11.3 Å². The Balaban J connectivity index is 1.99. The molecule has 1 saturated heterocycles. The Hall–Kier alpha value is -0.660. The Morgan fingerprint density at radius 3 is 3.00 bits per heavy atom. The number of anilines is 1. The van der Waals surface area contributed by atoms with Crippen LogP contribution in [0.3, 0.4) is 0 Å². The topological polar surface area (TPSA) is 76.3 Å². The molecule has 0 amide bonds. The predicted octanol–water partition coefficient (Wildman–Crippen LogP) is 0.344. The molecule has 7 heteroatoms. The normalized spacial score (nSPS) is 25.7. The zero-order chi connectivity index (χ0) is 11.8. The van der Waals surface area contributed by atoms with Crippen LogP contribution in [0.25, 0.3) is 0 Å². The van der Waals surface area contributed by atoms with Crippen molar-refractivity contribution in [1.29, 1.82) is 0 Å². The fourth-order valence-corrected chi connectivity index (χ4v) is 3.87. The third-order valence-electron chi connectivity index (χ3n) is 2.77. The largest absolute Gasteiger partial charge is 0.375 e. The van der Waals surface area contributed by atoms with Gasteiger partial charge < -0.3 is 5.73 Å². The molecule has 1 unspecified atom stereocenters. The van der Waals surface area contributed by atoms with Crippen LogP contribution >= 0.6 is 11.3 Å². The minimum atomic E-state index is -2.86. The van der Waals surface area contributed by atoms with Gasteiger partial charge in [-0.2, -0.15) is 0 Å². The van der Waals surface area contributed by atoms with Crippen LogP contribution in [0.1, 0.15) is 11.8 Å². The number of hydrogen-bond acceptors (Lipinski definition) is 6. The van der Waals surface area contributed by atoms with Gasteiger partial charge in [0.15, 0.2) is 15.0 Å². The summed E-state index contributed by atoms with van der Waals surface area (Å²) < 4.78 is 23.1. The summed E-state index contributed by atoms with van der Waals surface area (Å²) in [5, 5.41) is 0.291. The van der Waals surface area contributed by atoms with Crippen molar-refractivity contribution in [3.05, 3.63) is 11.1 Å². The summed E-state index contributed by atoms with van der Waals surface area (Å²) in [6.07, 6.45) is 1.76. The fraction of sp³-hybridized carbons (Fsp3) is 0.667. The number of nitrogens with zero attached hydrogens (tertiary/aromatic N) is 2. The molecule has 0 saturated carbocycles. The standard InChI is InChI=1S/C9H15N3O2S2/c1-7-5-12(2-3-16(7,13)14)6-8-4-11-9(10)15-8/h4,7H,2-3,5-6H2,1H3,(H2,10,11). The molecule has 0 spiro atoms. The highest BCUT2D eigenvalue weighted by molar-refractivity contribution is 7.92. The van der Waals surface area contributed by atoms with E-state index in [1.807, 2.05) is 0 Å². The molecule has 1 aliphatic heterocycles. The van der Waals surface area contributed by atoms with E-state index in [9.17, 15) is 8.42 Å². The Kier molecular flexibility index (Phi) is 3.18. The zero-order valence-corrected chi connectivity index (χ0v) is 10.7. The molecule has 2 rings (SSSR count). The highest BCUT2D eigenvalue weighted by atomic mass is 32.2. The molecule has 1 aliphatic rings. The van der Waals surface area contributed by atoms with E-state index in [2.05, 4.69) is 9.88 Å². The molecule has 0 bridgehead atoms. The molecule has 1 aromatic heterocycles. The van der Waals surface area contributed by atoms with E-state index < -0.39 is 9.84 Å². The van der Waals surface area contributed by atoms with Crippen LogP contribution in [-0.2, 0) is 16.4 Å². The molecule has 90 valence electrons. The van der Waals surface area contributed by atoms with Gasteiger partial charge in [-0.05, 0) is 6.92 Å². The molecule has 2 N–H and O–H groups in total. The van der Waals surface area contributed by atoms with Crippen molar-refractivity contribution >= 4 is 26.3 Å². The number of thiazole rings is 1. The fourth-order valence-electron chi connectivity index (χ4n) is 1.79. The van der Waals surface area contributed by atoms with Gasteiger partial charge >= 0.3 is 0 Å². The quantitative estimate of drug-likeness (QED) is 0.831. The van der Waals surface area contributed by atoms with Gasteiger partial charge in [-0.3, -0.25) is 4.90 Å². The van der Waals surface area contributed by atoms with Gasteiger partial charge in [0.25, 0.3) is 0 Å². The van der Waals surface area contributed by atoms with Crippen LogP contribution in [0.4, 0.5) is 5.13 Å². The lowest BCUT2D eigenvalue weighted by Gasteiger charge is -2.30. The van der Waals surface area contributed by atoms with Gasteiger partial charge in [-0.15, -0.1) is 11.3 Å². The first-order valence-corrected chi connectivity index (χ1v) is 7.64. The van der Waals surface area contributed by atoms with Crippen molar-refractivity contribution in [2.75, 3.05) is 24.6 Å². The number of nitrogen functional groups attached to an aromatic ring is 1. The van der Waals surface area contributed by atoms with Crippen molar-refractivity contribution in [3.8, 4) is 0 Å². The lowest BCUT2D eigenvalue weighted by atomic mass is 10.3. The summed E-state index contributed by atoms with van der Waals surface area (Å²) in [6.45, 7) is 3.71. The van der Waals surface area contributed by atoms with Crippen molar-refractivity contribution in [2.45, 2.75) is 18.7 Å². The molecule has 0 aliphatic carbocycles. The maximum absolute atomic E-state index is 11.5. The Morgan fingerprint density at radius 2 is 2.44 bits per heavy atom. The maximum Gasteiger partial charge on any atom is 0.180 e. The van der Waals surface area contributed by atoms with E-state index in [0.717, 1.165) is 11.4 Å². The van der Waals surface area contributed by atoms with Gasteiger partial charge in [0.1, 0.15) is 0 Å². The predicted molar refractivity (Wildman–Crippen MR) is 65.1 cm³/mol. The smallest absolute Gasteiger partial charge is 0.180 e. The Morgan fingerprint density at radius 1 is 1.69 bits per heavy atom. The molecule has 0 aromatic carbocycles. The number of sulfone groups is 1. The summed E-state index contributed by atoms with van der Waals surface area (Å²) in [5.74, 6) is 0.252. The van der Waals surface area contributed by atoms with Gasteiger partial charge in [-0.25, -0.2) is 13.4 Å². The van der Waals surface area contributed by atoms with E-state index >= 15 is 0 Å². The Labute approximate surface area is 99.2 Å². The second-order valence-corrected chi connectivity index (χ2v) is 7.76. The van der Waals surface area contributed by atoms with Crippen molar-refractivity contribution < 1.29 is 8.42 Å². The van der Waals surface area contributed by atoms with Crippen LogP contribution in [0, 0.1) is 0 Å². The highest BCUT2D eigenvalue weighted by Gasteiger charge is 2.29. The van der Waals surface area contributed by atoms with Crippen molar-refractivity contribution in [2.24, 2.45) is 0 Å². The van der Waals surface area contributed by atoms with Gasteiger partial charge in [0.05, 0.1) is 11.0 Å². The van der Waals surface area contributed by atoms with Crippen LogP contribution in [0.5, 0.6) is 0 Å². The molecule has 1 fully saturated rings. The van der Waals surface area contributed by atoms with E-state index in [0.29, 0.717) is 18.2 Å². The monoisotopic (exact) mass is 261 g/mol. The lowest BCUT2D eigenvalue weighted by molar-refractivity contribution is 0.272. The molecule has 1 aromatic rings. The third-order valence-corrected chi connectivity index (χ3v) is 5.71. The van der Waals surface area contributed by atoms with Crippen LogP contribution in [-0.4, -0.2) is 42.4 Å². The average Bonchev–Trinajstić information content (AvgIpc) is 2.58. The summed E-state index contributed by atoms with van der Waals surface area (Å²) in [7, 11) is -2.86. The van der Waals surface area contributed by atoms with Crippen LogP contribution in [0.15, 0.2) is 6.20 Å². The molecule has 1 atom stereocenters.